The second-order valence-electron chi connectivity index (χ2n) is 4.56. The van der Waals surface area contributed by atoms with Crippen LogP contribution in [-0.2, 0) is 4.79 Å². The fourth-order valence-corrected chi connectivity index (χ4v) is 1.93. The molecule has 0 atom stereocenters. The molecule has 0 aromatic rings. The van der Waals surface area contributed by atoms with E-state index < -0.39 is 0 Å². The van der Waals surface area contributed by atoms with Crippen LogP contribution < -0.4 is 0 Å². The summed E-state index contributed by atoms with van der Waals surface area (Å²) in [6, 6.07) is 0. The zero-order valence-corrected chi connectivity index (χ0v) is 9.78. The zero-order valence-electron chi connectivity index (χ0n) is 9.78. The van der Waals surface area contributed by atoms with Crippen molar-refractivity contribution in [3.8, 4) is 0 Å². The van der Waals surface area contributed by atoms with Crippen molar-refractivity contribution in [2.45, 2.75) is 46.0 Å². The minimum absolute atomic E-state index is 0.329. The molecule has 0 heterocycles. The molecule has 84 valence electrons. The van der Waals surface area contributed by atoms with Gasteiger partial charge < -0.3 is 0 Å². The van der Waals surface area contributed by atoms with E-state index in [-0.39, 0.29) is 0 Å². The Morgan fingerprint density at radius 3 is 2.47 bits per heavy atom. The summed E-state index contributed by atoms with van der Waals surface area (Å²) in [7, 11) is 0. The maximum absolute atomic E-state index is 10.4. The molecule has 0 spiro atoms. The second-order valence-corrected chi connectivity index (χ2v) is 4.56. The van der Waals surface area contributed by atoms with Gasteiger partial charge in [-0.3, -0.25) is 9.79 Å². The summed E-state index contributed by atoms with van der Waals surface area (Å²) in [5.74, 6) is 0.961. The Kier molecular flexibility index (Phi) is 5.30. The lowest BCUT2D eigenvalue weighted by molar-refractivity contribution is -0.104. The standard InChI is InChI=1S/C13H21NO/c1-11(2)13(8-9-15)14-10-12-6-4-3-5-7-12/h8-12H,3-7H2,1-2H3/b13-8-,14-10?. The van der Waals surface area contributed by atoms with Crippen molar-refractivity contribution in [3.63, 3.8) is 0 Å². The van der Waals surface area contributed by atoms with Gasteiger partial charge in [0.15, 0.2) is 0 Å². The Hall–Kier alpha value is -0.920. The molecule has 1 aliphatic rings. The molecule has 0 radical (unpaired) electrons. The first-order chi connectivity index (χ1) is 7.24. The number of carbonyl (C=O) groups is 1. The van der Waals surface area contributed by atoms with E-state index in [1.54, 1.807) is 6.08 Å². The van der Waals surface area contributed by atoms with E-state index in [4.69, 9.17) is 0 Å². The van der Waals surface area contributed by atoms with Gasteiger partial charge in [-0.15, -0.1) is 0 Å². The van der Waals surface area contributed by atoms with Crippen molar-refractivity contribution >= 4 is 12.5 Å². The van der Waals surface area contributed by atoms with Crippen molar-refractivity contribution in [3.05, 3.63) is 11.8 Å². The topological polar surface area (TPSA) is 29.4 Å². The smallest absolute Gasteiger partial charge is 0.144 e. The van der Waals surface area contributed by atoms with E-state index in [9.17, 15) is 4.79 Å². The highest BCUT2D eigenvalue weighted by Crippen LogP contribution is 2.22. The molecule has 2 nitrogen and oxygen atoms in total. The van der Waals surface area contributed by atoms with E-state index >= 15 is 0 Å². The van der Waals surface area contributed by atoms with Gasteiger partial charge in [-0.2, -0.15) is 0 Å². The third-order valence-electron chi connectivity index (χ3n) is 2.91. The van der Waals surface area contributed by atoms with Gasteiger partial charge in [-0.25, -0.2) is 0 Å². The van der Waals surface area contributed by atoms with Crippen LogP contribution in [0.25, 0.3) is 0 Å². The number of aliphatic imine (C=N–C) groups is 1. The Morgan fingerprint density at radius 1 is 1.27 bits per heavy atom. The fraction of sp³-hybridized carbons (Fsp3) is 0.692. The minimum atomic E-state index is 0.329. The number of nitrogens with zero attached hydrogens (tertiary/aromatic N) is 1. The van der Waals surface area contributed by atoms with E-state index in [1.165, 1.54) is 32.1 Å². The zero-order chi connectivity index (χ0) is 11.1. The minimum Gasteiger partial charge on any atom is -0.298 e. The number of rotatable bonds is 4. The molecule has 0 amide bonds. The first-order valence-electron chi connectivity index (χ1n) is 5.93. The van der Waals surface area contributed by atoms with Crippen molar-refractivity contribution in [1.82, 2.24) is 0 Å². The molecular weight excluding hydrogens is 186 g/mol. The molecule has 0 unspecified atom stereocenters. The predicted molar refractivity (Wildman–Crippen MR) is 64.1 cm³/mol. The van der Waals surface area contributed by atoms with Crippen LogP contribution in [-0.4, -0.2) is 12.5 Å². The van der Waals surface area contributed by atoms with E-state index in [0.29, 0.717) is 11.8 Å². The molecular formula is C13H21NO. The van der Waals surface area contributed by atoms with Crippen LogP contribution in [0.15, 0.2) is 16.8 Å². The highest BCUT2D eigenvalue weighted by molar-refractivity contribution is 5.68. The van der Waals surface area contributed by atoms with E-state index in [0.717, 1.165) is 12.0 Å². The maximum Gasteiger partial charge on any atom is 0.144 e. The quantitative estimate of drug-likeness (QED) is 0.395. The largest absolute Gasteiger partial charge is 0.298 e. The molecule has 0 aromatic carbocycles. The summed E-state index contributed by atoms with van der Waals surface area (Å²) in [4.78, 5) is 14.9. The first-order valence-corrected chi connectivity index (χ1v) is 5.93. The third-order valence-corrected chi connectivity index (χ3v) is 2.91. The van der Waals surface area contributed by atoms with Crippen molar-refractivity contribution in [1.29, 1.82) is 0 Å². The summed E-state index contributed by atoms with van der Waals surface area (Å²) in [5.41, 5.74) is 0.899. The van der Waals surface area contributed by atoms with E-state index in [2.05, 4.69) is 25.1 Å². The van der Waals surface area contributed by atoms with Gasteiger partial charge in [-0.1, -0.05) is 33.1 Å². The van der Waals surface area contributed by atoms with Crippen molar-refractivity contribution < 1.29 is 4.79 Å². The summed E-state index contributed by atoms with van der Waals surface area (Å²) >= 11 is 0. The van der Waals surface area contributed by atoms with Gasteiger partial charge in [0.2, 0.25) is 0 Å². The molecule has 0 saturated heterocycles. The maximum atomic E-state index is 10.4. The van der Waals surface area contributed by atoms with Crippen molar-refractivity contribution in [2.24, 2.45) is 16.8 Å². The Morgan fingerprint density at radius 2 is 1.93 bits per heavy atom. The lowest BCUT2D eigenvalue weighted by Gasteiger charge is -2.17. The van der Waals surface area contributed by atoms with Gasteiger partial charge in [0.1, 0.15) is 6.29 Å². The number of carbonyl (C=O) groups excluding carboxylic acids is 1. The number of aldehydes is 1. The summed E-state index contributed by atoms with van der Waals surface area (Å²) in [5, 5.41) is 0. The normalized spacial score (nSPS) is 20.1. The molecule has 15 heavy (non-hydrogen) atoms. The highest BCUT2D eigenvalue weighted by atomic mass is 16.1. The molecule has 0 bridgehead atoms. The number of allylic oxidation sites excluding steroid dienone is 2. The summed E-state index contributed by atoms with van der Waals surface area (Å²) in [6.07, 6.45) is 11.0. The molecule has 1 fully saturated rings. The Bertz CT molecular complexity index is 247. The highest BCUT2D eigenvalue weighted by Gasteiger charge is 2.11. The van der Waals surface area contributed by atoms with Gasteiger partial charge in [0.05, 0.1) is 0 Å². The van der Waals surface area contributed by atoms with Crippen LogP contribution in [0.5, 0.6) is 0 Å². The van der Waals surface area contributed by atoms with Crippen LogP contribution in [0, 0.1) is 11.8 Å². The average molecular weight is 207 g/mol. The molecule has 2 heteroatoms. The van der Waals surface area contributed by atoms with Gasteiger partial charge >= 0.3 is 0 Å². The molecule has 0 aromatic heterocycles. The number of hydrogen-bond donors (Lipinski definition) is 0. The molecule has 0 aliphatic heterocycles. The Balaban J connectivity index is 2.52. The number of hydrogen-bond acceptors (Lipinski definition) is 2. The van der Waals surface area contributed by atoms with Crippen LogP contribution in [0.4, 0.5) is 0 Å². The third kappa shape index (κ3) is 4.41. The SMILES string of the molecule is CC(C)/C(=C/C=O)N=CC1CCCCC1. The molecule has 1 aliphatic carbocycles. The van der Waals surface area contributed by atoms with Gasteiger partial charge in [0, 0.05) is 11.9 Å². The summed E-state index contributed by atoms with van der Waals surface area (Å²) in [6.45, 7) is 4.13. The average Bonchev–Trinajstić information content (AvgIpc) is 2.25. The van der Waals surface area contributed by atoms with Crippen LogP contribution >= 0.6 is 0 Å². The van der Waals surface area contributed by atoms with E-state index in [1.807, 2.05) is 0 Å². The first kappa shape index (κ1) is 12.2. The van der Waals surface area contributed by atoms with Crippen LogP contribution in [0.3, 0.4) is 0 Å². The molecule has 1 rings (SSSR count). The predicted octanol–water partition coefficient (Wildman–Crippen LogP) is 3.38. The van der Waals surface area contributed by atoms with Gasteiger partial charge in [-0.05, 0) is 30.8 Å². The molecule has 1 saturated carbocycles. The lowest BCUT2D eigenvalue weighted by atomic mass is 9.90. The van der Waals surface area contributed by atoms with Crippen LogP contribution in [0.2, 0.25) is 0 Å². The molecule has 0 N–H and O–H groups in total. The Labute approximate surface area is 92.5 Å². The lowest BCUT2D eigenvalue weighted by Crippen LogP contribution is -2.07. The monoisotopic (exact) mass is 207 g/mol. The van der Waals surface area contributed by atoms with Gasteiger partial charge in [0.25, 0.3) is 0 Å². The second kappa shape index (κ2) is 6.54. The fourth-order valence-electron chi connectivity index (χ4n) is 1.93. The summed E-state index contributed by atoms with van der Waals surface area (Å²) < 4.78 is 0. The van der Waals surface area contributed by atoms with Crippen LogP contribution in [0.1, 0.15) is 46.0 Å². The van der Waals surface area contributed by atoms with Crippen molar-refractivity contribution in [2.75, 3.05) is 0 Å².